The highest BCUT2D eigenvalue weighted by molar-refractivity contribution is 5.27. The minimum Gasteiger partial charge on any atom is -0.494 e. The summed E-state index contributed by atoms with van der Waals surface area (Å²) in [7, 11) is 0. The lowest BCUT2D eigenvalue weighted by molar-refractivity contribution is 0.145. The molecule has 3 nitrogen and oxygen atoms in total. The molecule has 0 saturated carbocycles. The molecule has 0 unspecified atom stereocenters. The fourth-order valence-corrected chi connectivity index (χ4v) is 3.67. The van der Waals surface area contributed by atoms with Crippen LogP contribution in [-0.2, 0) is 6.54 Å². The highest BCUT2D eigenvalue weighted by Crippen LogP contribution is 2.18. The van der Waals surface area contributed by atoms with E-state index in [-0.39, 0.29) is 0 Å². The second-order valence-electron chi connectivity index (χ2n) is 7.20. The second kappa shape index (κ2) is 9.38. The molecule has 1 aromatic rings. The van der Waals surface area contributed by atoms with E-state index in [0.29, 0.717) is 12.8 Å². The van der Waals surface area contributed by atoms with Gasteiger partial charge in [0.2, 0.25) is 0 Å². The predicted octanol–water partition coefficient (Wildman–Crippen LogP) is 3.88. The average molecular weight is 333 g/mol. The van der Waals surface area contributed by atoms with Gasteiger partial charge >= 0.3 is 0 Å². The number of hydrogen-bond donors (Lipinski definition) is 0. The summed E-state index contributed by atoms with van der Waals surface area (Å²) in [6.07, 6.45) is 5.96. The van der Waals surface area contributed by atoms with Crippen molar-refractivity contribution in [1.82, 2.24) is 9.80 Å². The third kappa shape index (κ3) is 5.75. The first kappa shape index (κ1) is 17.7. The van der Waals surface area contributed by atoms with Crippen molar-refractivity contribution in [3.8, 4) is 5.75 Å². The van der Waals surface area contributed by atoms with Crippen LogP contribution in [0.15, 0.2) is 24.3 Å². The van der Waals surface area contributed by atoms with Gasteiger partial charge in [-0.05, 0) is 62.9 Å². The van der Waals surface area contributed by atoms with Crippen LogP contribution < -0.4 is 4.74 Å². The van der Waals surface area contributed by atoms with Crippen LogP contribution in [0.1, 0.15) is 44.1 Å². The maximum absolute atomic E-state index is 13.2. The standard InChI is InChI=1S/C20H31FN2O/c21-19-9-14-23(15-10-19)17-18-5-7-20(8-6-18)24-16-4-13-22-11-2-1-3-12-22/h5-8,19H,1-4,9-17H2/i21-1. The summed E-state index contributed by atoms with van der Waals surface area (Å²) < 4.78 is 19.0. The second-order valence-corrected chi connectivity index (χ2v) is 7.20. The minimum absolute atomic E-state index is 0.595. The first-order chi connectivity index (χ1) is 11.8. The van der Waals surface area contributed by atoms with Gasteiger partial charge in [-0.25, -0.2) is 4.39 Å². The number of likely N-dealkylation sites (tertiary alicyclic amines) is 2. The minimum atomic E-state index is -0.595. The lowest BCUT2D eigenvalue weighted by Gasteiger charge is -2.28. The SMILES string of the molecule is [18F]C1CCN(Cc2ccc(OCCCN3CCCCC3)cc2)CC1. The van der Waals surface area contributed by atoms with E-state index in [4.69, 9.17) is 4.74 Å². The van der Waals surface area contributed by atoms with Gasteiger partial charge in [0, 0.05) is 26.2 Å². The van der Waals surface area contributed by atoms with Crippen molar-refractivity contribution < 1.29 is 9.13 Å². The Bertz CT molecular complexity index is 465. The molecule has 2 fully saturated rings. The highest BCUT2D eigenvalue weighted by atomic mass is 18.2. The van der Waals surface area contributed by atoms with E-state index in [1.165, 1.54) is 37.9 Å². The Morgan fingerprint density at radius 3 is 2.33 bits per heavy atom. The molecule has 0 aliphatic carbocycles. The third-order valence-electron chi connectivity index (χ3n) is 5.18. The van der Waals surface area contributed by atoms with Crippen molar-refractivity contribution in [2.75, 3.05) is 39.3 Å². The fourth-order valence-electron chi connectivity index (χ4n) is 3.67. The quantitative estimate of drug-likeness (QED) is 0.704. The molecule has 0 bridgehead atoms. The highest BCUT2D eigenvalue weighted by Gasteiger charge is 2.18. The molecule has 3 rings (SSSR count). The van der Waals surface area contributed by atoms with Gasteiger partial charge in [-0.2, -0.15) is 0 Å². The Morgan fingerprint density at radius 1 is 0.917 bits per heavy atom. The monoisotopic (exact) mass is 333 g/mol. The van der Waals surface area contributed by atoms with E-state index < -0.39 is 6.17 Å². The Morgan fingerprint density at radius 2 is 1.62 bits per heavy atom. The molecule has 0 N–H and O–H groups in total. The summed E-state index contributed by atoms with van der Waals surface area (Å²) in [6, 6.07) is 8.42. The van der Waals surface area contributed by atoms with Crippen LogP contribution in [0.4, 0.5) is 4.39 Å². The molecule has 2 saturated heterocycles. The number of halogens is 1. The van der Waals surface area contributed by atoms with Gasteiger partial charge < -0.3 is 9.64 Å². The summed E-state index contributed by atoms with van der Waals surface area (Å²) in [5.41, 5.74) is 1.29. The molecule has 0 atom stereocenters. The van der Waals surface area contributed by atoms with E-state index in [2.05, 4.69) is 34.1 Å². The number of piperidine rings is 2. The summed E-state index contributed by atoms with van der Waals surface area (Å²) in [5.74, 6) is 0.958. The molecule has 2 aliphatic rings. The van der Waals surface area contributed by atoms with Crippen LogP contribution in [0.2, 0.25) is 0 Å². The Labute approximate surface area is 145 Å². The lowest BCUT2D eigenvalue weighted by Crippen LogP contribution is -2.33. The van der Waals surface area contributed by atoms with Gasteiger partial charge in [0.1, 0.15) is 11.9 Å². The Balaban J connectivity index is 1.33. The van der Waals surface area contributed by atoms with E-state index in [1.807, 2.05) is 0 Å². The maximum atomic E-state index is 13.2. The molecule has 2 heterocycles. The van der Waals surface area contributed by atoms with Crippen molar-refractivity contribution in [3.05, 3.63) is 29.8 Å². The fraction of sp³-hybridized carbons (Fsp3) is 0.700. The van der Waals surface area contributed by atoms with Crippen molar-refractivity contribution in [3.63, 3.8) is 0 Å². The van der Waals surface area contributed by atoms with Crippen LogP contribution in [0, 0.1) is 0 Å². The molecule has 134 valence electrons. The topological polar surface area (TPSA) is 15.7 Å². The molecule has 0 aromatic heterocycles. The summed E-state index contributed by atoms with van der Waals surface area (Å²) >= 11 is 0. The smallest absolute Gasteiger partial charge is 0.119 e. The zero-order valence-electron chi connectivity index (χ0n) is 14.8. The van der Waals surface area contributed by atoms with Crippen molar-refractivity contribution in [1.29, 1.82) is 0 Å². The van der Waals surface area contributed by atoms with Crippen molar-refractivity contribution >= 4 is 0 Å². The zero-order valence-corrected chi connectivity index (χ0v) is 14.8. The van der Waals surface area contributed by atoms with Gasteiger partial charge in [0.15, 0.2) is 0 Å². The summed E-state index contributed by atoms with van der Waals surface area (Å²) in [6.45, 7) is 7.12. The van der Waals surface area contributed by atoms with Gasteiger partial charge in [0.25, 0.3) is 0 Å². The Kier molecular flexibility index (Phi) is 6.91. The number of hydrogen-bond acceptors (Lipinski definition) is 3. The van der Waals surface area contributed by atoms with Crippen LogP contribution >= 0.6 is 0 Å². The maximum Gasteiger partial charge on any atom is 0.119 e. The number of nitrogens with zero attached hydrogens (tertiary/aromatic N) is 2. The van der Waals surface area contributed by atoms with E-state index in [9.17, 15) is 4.39 Å². The molecule has 4 heteroatoms. The third-order valence-corrected chi connectivity index (χ3v) is 5.18. The van der Waals surface area contributed by atoms with Crippen LogP contribution in [-0.4, -0.2) is 55.3 Å². The van der Waals surface area contributed by atoms with E-state index in [0.717, 1.165) is 45.0 Å². The molecule has 24 heavy (non-hydrogen) atoms. The van der Waals surface area contributed by atoms with Crippen molar-refractivity contribution in [2.45, 2.75) is 51.2 Å². The Hall–Kier alpha value is -1.13. The normalized spacial score (nSPS) is 21.0. The zero-order chi connectivity index (χ0) is 16.6. The first-order valence-corrected chi connectivity index (χ1v) is 9.60. The largest absolute Gasteiger partial charge is 0.494 e. The lowest BCUT2D eigenvalue weighted by atomic mass is 10.1. The number of alkyl halides is 1. The summed E-state index contributed by atoms with van der Waals surface area (Å²) in [5, 5.41) is 0. The van der Waals surface area contributed by atoms with Crippen LogP contribution in [0.3, 0.4) is 0 Å². The number of ether oxygens (including phenoxy) is 1. The number of benzene rings is 1. The van der Waals surface area contributed by atoms with Crippen LogP contribution in [0.5, 0.6) is 5.75 Å². The van der Waals surface area contributed by atoms with Crippen molar-refractivity contribution in [2.24, 2.45) is 0 Å². The van der Waals surface area contributed by atoms with Crippen LogP contribution in [0.25, 0.3) is 0 Å². The number of rotatable bonds is 7. The van der Waals surface area contributed by atoms with Gasteiger partial charge in [-0.1, -0.05) is 18.6 Å². The van der Waals surface area contributed by atoms with Gasteiger partial charge in [-0.15, -0.1) is 0 Å². The predicted molar refractivity (Wildman–Crippen MR) is 96.3 cm³/mol. The van der Waals surface area contributed by atoms with Gasteiger partial charge in [-0.3, -0.25) is 4.90 Å². The molecular weight excluding hydrogens is 302 g/mol. The van der Waals surface area contributed by atoms with E-state index >= 15 is 0 Å². The van der Waals surface area contributed by atoms with Gasteiger partial charge in [0.05, 0.1) is 6.61 Å². The average Bonchev–Trinajstić information content (AvgIpc) is 2.63. The molecule has 0 radical (unpaired) electrons. The molecule has 1 aromatic carbocycles. The molecule has 2 aliphatic heterocycles. The summed E-state index contributed by atoms with van der Waals surface area (Å²) in [4.78, 5) is 4.89. The molecule has 0 spiro atoms. The molecular formula is C20H31FN2O. The first-order valence-electron chi connectivity index (χ1n) is 9.60. The van der Waals surface area contributed by atoms with E-state index in [1.54, 1.807) is 0 Å². The molecule has 0 amide bonds.